The molecule has 0 heteroatoms. The van der Waals surface area contributed by atoms with Crippen LogP contribution in [-0.4, -0.2) is 0 Å². The molecule has 7 aromatic rings. The van der Waals surface area contributed by atoms with Gasteiger partial charge >= 0.3 is 0 Å². The van der Waals surface area contributed by atoms with Gasteiger partial charge in [0, 0.05) is 0 Å². The van der Waals surface area contributed by atoms with Crippen LogP contribution in [0.1, 0.15) is 0 Å². The first kappa shape index (κ1) is 20.7. The number of hydrogen-bond donors (Lipinski definition) is 0. The molecule has 7 rings (SSSR count). The van der Waals surface area contributed by atoms with Crippen molar-refractivity contribution in [1.29, 1.82) is 0 Å². The summed E-state index contributed by atoms with van der Waals surface area (Å²) in [7, 11) is 0. The third-order valence-corrected chi connectivity index (χ3v) is 7.25. The molecule has 36 heavy (non-hydrogen) atoms. The number of hydrogen-bond acceptors (Lipinski definition) is 0. The van der Waals surface area contributed by atoms with Gasteiger partial charge < -0.3 is 0 Å². The molecule has 0 spiro atoms. The lowest BCUT2D eigenvalue weighted by Gasteiger charge is -2.16. The van der Waals surface area contributed by atoms with E-state index in [1.807, 2.05) is 0 Å². The van der Waals surface area contributed by atoms with Gasteiger partial charge in [0.2, 0.25) is 0 Å². The van der Waals surface area contributed by atoms with Gasteiger partial charge in [0.1, 0.15) is 0 Å². The van der Waals surface area contributed by atoms with Crippen molar-refractivity contribution in [1.82, 2.24) is 0 Å². The lowest BCUT2D eigenvalue weighted by atomic mass is 9.88. The Morgan fingerprint density at radius 1 is 0.278 bits per heavy atom. The van der Waals surface area contributed by atoms with Crippen molar-refractivity contribution in [2.45, 2.75) is 0 Å². The number of fused-ring (bicyclic) bond motifs is 3. The quantitative estimate of drug-likeness (QED) is 0.232. The molecule has 0 bridgehead atoms. The summed E-state index contributed by atoms with van der Waals surface area (Å²) in [6.07, 6.45) is 0. The van der Waals surface area contributed by atoms with Crippen molar-refractivity contribution >= 4 is 32.3 Å². The van der Waals surface area contributed by atoms with Gasteiger partial charge in [-0.2, -0.15) is 0 Å². The third-order valence-electron chi connectivity index (χ3n) is 7.25. The summed E-state index contributed by atoms with van der Waals surface area (Å²) in [6.45, 7) is 0. The van der Waals surface area contributed by atoms with E-state index in [4.69, 9.17) is 0 Å². The second kappa shape index (κ2) is 8.52. The maximum atomic E-state index is 2.36. The molecular formula is C36H24. The molecule has 0 atom stereocenters. The largest absolute Gasteiger partial charge is 0.0622 e. The minimum Gasteiger partial charge on any atom is -0.0622 e. The van der Waals surface area contributed by atoms with E-state index < -0.39 is 0 Å². The van der Waals surface area contributed by atoms with Crippen LogP contribution in [0.4, 0.5) is 0 Å². The minimum absolute atomic E-state index is 1.24. The van der Waals surface area contributed by atoms with Gasteiger partial charge in [0.25, 0.3) is 0 Å². The van der Waals surface area contributed by atoms with Gasteiger partial charge in [0.05, 0.1) is 0 Å². The Morgan fingerprint density at radius 3 is 1.72 bits per heavy atom. The predicted molar refractivity (Wildman–Crippen MR) is 155 cm³/mol. The van der Waals surface area contributed by atoms with E-state index in [2.05, 4.69) is 146 Å². The summed E-state index contributed by atoms with van der Waals surface area (Å²) in [5.74, 6) is 0. The molecule has 0 N–H and O–H groups in total. The SMILES string of the molecule is c1ccc(-c2ccc(-c3cccc4c(-c5ccc6ccccc6c5)c5ccccc5cc34)cc2)cc1. The van der Waals surface area contributed by atoms with Crippen LogP contribution in [0.3, 0.4) is 0 Å². The van der Waals surface area contributed by atoms with E-state index in [1.165, 1.54) is 65.7 Å². The molecule has 0 aromatic heterocycles. The monoisotopic (exact) mass is 456 g/mol. The Hall–Kier alpha value is -4.68. The van der Waals surface area contributed by atoms with Crippen LogP contribution in [0.5, 0.6) is 0 Å². The summed E-state index contributed by atoms with van der Waals surface area (Å²) in [6, 6.07) is 52.8. The Bertz CT molecular complexity index is 1860. The minimum atomic E-state index is 1.24. The summed E-state index contributed by atoms with van der Waals surface area (Å²) < 4.78 is 0. The maximum Gasteiger partial charge on any atom is -0.00264 e. The average Bonchev–Trinajstić information content (AvgIpc) is 2.96. The summed E-state index contributed by atoms with van der Waals surface area (Å²) >= 11 is 0. The molecule has 168 valence electrons. The van der Waals surface area contributed by atoms with Crippen molar-refractivity contribution < 1.29 is 0 Å². The van der Waals surface area contributed by atoms with Crippen LogP contribution in [0, 0.1) is 0 Å². The first-order valence-electron chi connectivity index (χ1n) is 12.4. The van der Waals surface area contributed by atoms with Crippen LogP contribution in [-0.2, 0) is 0 Å². The van der Waals surface area contributed by atoms with Crippen molar-refractivity contribution in [2.24, 2.45) is 0 Å². The highest BCUT2D eigenvalue weighted by Gasteiger charge is 2.13. The summed E-state index contributed by atoms with van der Waals surface area (Å²) in [5, 5.41) is 7.66. The lowest BCUT2D eigenvalue weighted by molar-refractivity contribution is 1.60. The summed E-state index contributed by atoms with van der Waals surface area (Å²) in [4.78, 5) is 0. The second-order valence-electron chi connectivity index (χ2n) is 9.38. The molecule has 0 heterocycles. The van der Waals surface area contributed by atoms with E-state index in [0.29, 0.717) is 0 Å². The highest BCUT2D eigenvalue weighted by molar-refractivity contribution is 6.16. The molecule has 0 aliphatic carbocycles. The predicted octanol–water partition coefficient (Wildman–Crippen LogP) is 10.1. The Kier molecular flexibility index (Phi) is 4.89. The van der Waals surface area contributed by atoms with Gasteiger partial charge in [-0.15, -0.1) is 0 Å². The first-order valence-corrected chi connectivity index (χ1v) is 12.4. The van der Waals surface area contributed by atoms with E-state index in [-0.39, 0.29) is 0 Å². The van der Waals surface area contributed by atoms with Crippen molar-refractivity contribution in [3.8, 4) is 33.4 Å². The molecule has 0 aliphatic rings. The molecule has 0 nitrogen and oxygen atoms in total. The zero-order chi connectivity index (χ0) is 23.9. The van der Waals surface area contributed by atoms with E-state index in [1.54, 1.807) is 0 Å². The highest BCUT2D eigenvalue weighted by atomic mass is 14.2. The molecule has 0 fully saturated rings. The molecule has 0 unspecified atom stereocenters. The normalized spacial score (nSPS) is 11.3. The smallest absolute Gasteiger partial charge is 0.00264 e. The van der Waals surface area contributed by atoms with E-state index in [0.717, 1.165) is 0 Å². The number of rotatable bonds is 3. The van der Waals surface area contributed by atoms with E-state index >= 15 is 0 Å². The molecule has 0 radical (unpaired) electrons. The average molecular weight is 457 g/mol. The zero-order valence-electron chi connectivity index (χ0n) is 19.9. The molecule has 0 amide bonds. The van der Waals surface area contributed by atoms with Gasteiger partial charge in [0.15, 0.2) is 0 Å². The van der Waals surface area contributed by atoms with Crippen molar-refractivity contribution in [2.75, 3.05) is 0 Å². The fourth-order valence-electron chi connectivity index (χ4n) is 5.47. The molecular weight excluding hydrogens is 432 g/mol. The maximum absolute atomic E-state index is 2.36. The lowest BCUT2D eigenvalue weighted by Crippen LogP contribution is -1.89. The Morgan fingerprint density at radius 2 is 0.889 bits per heavy atom. The fourth-order valence-corrected chi connectivity index (χ4v) is 5.47. The summed E-state index contributed by atoms with van der Waals surface area (Å²) in [5.41, 5.74) is 7.54. The van der Waals surface area contributed by atoms with E-state index in [9.17, 15) is 0 Å². The second-order valence-corrected chi connectivity index (χ2v) is 9.38. The van der Waals surface area contributed by atoms with Crippen LogP contribution in [0.2, 0.25) is 0 Å². The van der Waals surface area contributed by atoms with Crippen LogP contribution in [0.25, 0.3) is 65.7 Å². The van der Waals surface area contributed by atoms with Gasteiger partial charge in [-0.25, -0.2) is 0 Å². The van der Waals surface area contributed by atoms with Gasteiger partial charge in [-0.05, 0) is 77.8 Å². The molecule has 0 saturated carbocycles. The topological polar surface area (TPSA) is 0 Å². The molecule has 0 saturated heterocycles. The van der Waals surface area contributed by atoms with Crippen LogP contribution >= 0.6 is 0 Å². The van der Waals surface area contributed by atoms with Crippen molar-refractivity contribution in [3.05, 3.63) is 146 Å². The van der Waals surface area contributed by atoms with Crippen LogP contribution in [0.15, 0.2) is 146 Å². The van der Waals surface area contributed by atoms with Crippen LogP contribution < -0.4 is 0 Å². The Labute approximate surface area is 211 Å². The fraction of sp³-hybridized carbons (Fsp3) is 0. The molecule has 7 aromatic carbocycles. The standard InChI is InChI=1S/C36H24/c1-2-9-25(10-3-1)27-17-20-28(21-18-27)32-15-8-16-34-35(32)24-30-13-6-7-14-33(30)36(34)31-22-19-26-11-4-5-12-29(26)23-31/h1-24H. The molecule has 0 aliphatic heterocycles. The van der Waals surface area contributed by atoms with Crippen molar-refractivity contribution in [3.63, 3.8) is 0 Å². The van der Waals surface area contributed by atoms with Gasteiger partial charge in [-0.1, -0.05) is 133 Å². The Balaban J connectivity index is 1.46. The van der Waals surface area contributed by atoms with Gasteiger partial charge in [-0.3, -0.25) is 0 Å². The number of benzene rings is 7. The first-order chi connectivity index (χ1) is 17.8. The highest BCUT2D eigenvalue weighted by Crippen LogP contribution is 2.41. The zero-order valence-corrected chi connectivity index (χ0v) is 19.9. The third kappa shape index (κ3) is 3.47.